The minimum Gasteiger partial charge on any atom is -0.458 e. The zero-order chi connectivity index (χ0) is 7.56. The van der Waals surface area contributed by atoms with Gasteiger partial charge in [-0.3, -0.25) is 4.79 Å². The number of hydrogen-bond donors (Lipinski definition) is 1. The van der Waals surface area contributed by atoms with E-state index < -0.39 is 6.10 Å². The molecule has 0 saturated carbocycles. The van der Waals surface area contributed by atoms with Gasteiger partial charge in [0, 0.05) is 13.3 Å². The number of carbonyl (C=O) groups excluding carboxylic acids is 1. The highest BCUT2D eigenvalue weighted by Crippen LogP contribution is 2.13. The molecule has 2 atom stereocenters. The summed E-state index contributed by atoms with van der Waals surface area (Å²) < 4.78 is 4.80. The highest BCUT2D eigenvalue weighted by atomic mass is 16.5. The molecule has 1 N–H and O–H groups in total. The van der Waals surface area contributed by atoms with E-state index in [0.29, 0.717) is 6.42 Å². The standard InChI is InChI=1S/C7H10O3/c1-5(8)10-7-3-2-6(9)4-7/h2-3,6-7,9H,4H2,1H3/t6-,7+/m0/s1/i1+1. The maximum absolute atomic E-state index is 10.4. The Labute approximate surface area is 59.3 Å². The molecule has 10 heavy (non-hydrogen) atoms. The number of esters is 1. The van der Waals surface area contributed by atoms with Gasteiger partial charge in [0.1, 0.15) is 6.10 Å². The SMILES string of the molecule is [13CH3]C(=O)O[C@@H]1C=C[C@H](O)C1. The first-order chi connectivity index (χ1) is 4.68. The number of hydrogen-bond acceptors (Lipinski definition) is 3. The van der Waals surface area contributed by atoms with Crippen LogP contribution in [0.25, 0.3) is 0 Å². The van der Waals surface area contributed by atoms with E-state index in [4.69, 9.17) is 9.84 Å². The van der Waals surface area contributed by atoms with Crippen LogP contribution in [0.2, 0.25) is 0 Å². The molecule has 0 fully saturated rings. The molecule has 56 valence electrons. The van der Waals surface area contributed by atoms with Crippen LogP contribution in [0.1, 0.15) is 13.3 Å². The molecule has 0 amide bonds. The summed E-state index contributed by atoms with van der Waals surface area (Å²) >= 11 is 0. The fourth-order valence-corrected chi connectivity index (χ4v) is 0.948. The van der Waals surface area contributed by atoms with Crippen LogP contribution in [-0.2, 0) is 9.53 Å². The van der Waals surface area contributed by atoms with E-state index in [1.54, 1.807) is 12.2 Å². The molecular weight excluding hydrogens is 133 g/mol. The second-order valence-corrected chi connectivity index (χ2v) is 2.34. The van der Waals surface area contributed by atoms with Crippen LogP contribution >= 0.6 is 0 Å². The van der Waals surface area contributed by atoms with Crippen LogP contribution in [-0.4, -0.2) is 23.3 Å². The van der Waals surface area contributed by atoms with Crippen LogP contribution in [0.3, 0.4) is 0 Å². The van der Waals surface area contributed by atoms with Crippen molar-refractivity contribution in [3.8, 4) is 0 Å². The van der Waals surface area contributed by atoms with Crippen LogP contribution < -0.4 is 0 Å². The van der Waals surface area contributed by atoms with Crippen LogP contribution in [0.15, 0.2) is 12.2 Å². The molecule has 3 nitrogen and oxygen atoms in total. The first-order valence-corrected chi connectivity index (χ1v) is 3.22. The molecule has 1 rings (SSSR count). The molecule has 0 spiro atoms. The van der Waals surface area contributed by atoms with Gasteiger partial charge in [-0.25, -0.2) is 0 Å². The van der Waals surface area contributed by atoms with E-state index in [1.807, 2.05) is 0 Å². The van der Waals surface area contributed by atoms with E-state index in [-0.39, 0.29) is 12.1 Å². The van der Waals surface area contributed by atoms with Crippen molar-refractivity contribution < 1.29 is 14.6 Å². The third-order valence-corrected chi connectivity index (χ3v) is 1.34. The normalized spacial score (nSPS) is 30.6. The monoisotopic (exact) mass is 143 g/mol. The van der Waals surface area contributed by atoms with E-state index in [0.717, 1.165) is 0 Å². The Kier molecular flexibility index (Phi) is 2.06. The molecule has 1 aliphatic carbocycles. The zero-order valence-corrected chi connectivity index (χ0v) is 5.78. The third kappa shape index (κ3) is 1.84. The lowest BCUT2D eigenvalue weighted by molar-refractivity contribution is -0.144. The summed E-state index contributed by atoms with van der Waals surface area (Å²) in [6, 6.07) is 0. The molecule has 0 aromatic heterocycles. The topological polar surface area (TPSA) is 46.5 Å². The first-order valence-electron chi connectivity index (χ1n) is 3.22. The summed E-state index contributed by atoms with van der Waals surface area (Å²) in [5, 5.41) is 8.93. The number of aliphatic hydroxyl groups excluding tert-OH is 1. The van der Waals surface area contributed by atoms with Crippen molar-refractivity contribution in [2.45, 2.75) is 25.6 Å². The third-order valence-electron chi connectivity index (χ3n) is 1.34. The fraction of sp³-hybridized carbons (Fsp3) is 0.571. The van der Waals surface area contributed by atoms with Gasteiger partial charge in [-0.15, -0.1) is 0 Å². The smallest absolute Gasteiger partial charge is 0.303 e. The quantitative estimate of drug-likeness (QED) is 0.325. The molecule has 3 heteroatoms. The molecule has 0 aliphatic heterocycles. The van der Waals surface area contributed by atoms with Crippen molar-refractivity contribution >= 4 is 5.97 Å². The Morgan fingerprint density at radius 1 is 1.70 bits per heavy atom. The number of rotatable bonds is 1. The summed E-state index contributed by atoms with van der Waals surface area (Å²) in [7, 11) is 0. The summed E-state index contributed by atoms with van der Waals surface area (Å²) in [6.45, 7) is 1.36. The maximum atomic E-state index is 10.4. The lowest BCUT2D eigenvalue weighted by Gasteiger charge is -2.07. The molecule has 0 aromatic carbocycles. The lowest BCUT2D eigenvalue weighted by atomic mass is 10.3. The number of aliphatic hydroxyl groups is 1. The van der Waals surface area contributed by atoms with Gasteiger partial charge >= 0.3 is 5.97 Å². The molecular formula is C7H10O3. The minimum absolute atomic E-state index is 0.215. The summed E-state index contributed by atoms with van der Waals surface area (Å²) in [6.07, 6.45) is 3.18. The van der Waals surface area contributed by atoms with E-state index in [1.165, 1.54) is 6.92 Å². The molecule has 0 radical (unpaired) electrons. The van der Waals surface area contributed by atoms with Gasteiger partial charge in [-0.1, -0.05) is 6.08 Å². The van der Waals surface area contributed by atoms with Crippen molar-refractivity contribution in [1.29, 1.82) is 0 Å². The first kappa shape index (κ1) is 7.28. The van der Waals surface area contributed by atoms with Gasteiger partial charge in [0.2, 0.25) is 0 Å². The zero-order valence-electron chi connectivity index (χ0n) is 5.78. The second kappa shape index (κ2) is 2.84. The fourth-order valence-electron chi connectivity index (χ4n) is 0.948. The van der Waals surface area contributed by atoms with Crippen molar-refractivity contribution in [2.24, 2.45) is 0 Å². The van der Waals surface area contributed by atoms with Gasteiger partial charge in [-0.05, 0) is 6.08 Å². The Morgan fingerprint density at radius 2 is 2.40 bits per heavy atom. The van der Waals surface area contributed by atoms with Crippen molar-refractivity contribution in [2.75, 3.05) is 0 Å². The summed E-state index contributed by atoms with van der Waals surface area (Å²) in [5.41, 5.74) is 0. The molecule has 1 aliphatic rings. The Hall–Kier alpha value is -0.830. The van der Waals surface area contributed by atoms with Crippen LogP contribution in [0.5, 0.6) is 0 Å². The van der Waals surface area contributed by atoms with Crippen molar-refractivity contribution in [3.63, 3.8) is 0 Å². The minimum atomic E-state index is -0.440. The van der Waals surface area contributed by atoms with Crippen LogP contribution in [0.4, 0.5) is 0 Å². The van der Waals surface area contributed by atoms with Gasteiger partial charge in [0.05, 0.1) is 6.10 Å². The second-order valence-electron chi connectivity index (χ2n) is 2.34. The summed E-state index contributed by atoms with van der Waals surface area (Å²) in [5.74, 6) is -0.302. The molecule has 0 heterocycles. The average molecular weight is 143 g/mol. The Bertz CT molecular complexity index is 162. The summed E-state index contributed by atoms with van der Waals surface area (Å²) in [4.78, 5) is 10.4. The lowest BCUT2D eigenvalue weighted by Crippen LogP contribution is -2.13. The van der Waals surface area contributed by atoms with Crippen molar-refractivity contribution in [1.82, 2.24) is 0 Å². The molecule has 0 unspecified atom stereocenters. The number of carbonyl (C=O) groups is 1. The highest BCUT2D eigenvalue weighted by Gasteiger charge is 2.18. The van der Waals surface area contributed by atoms with E-state index in [2.05, 4.69) is 0 Å². The van der Waals surface area contributed by atoms with E-state index in [9.17, 15) is 4.79 Å². The van der Waals surface area contributed by atoms with Crippen molar-refractivity contribution in [3.05, 3.63) is 12.2 Å². The molecule has 0 aromatic rings. The predicted molar refractivity (Wildman–Crippen MR) is 35.3 cm³/mol. The van der Waals surface area contributed by atoms with Gasteiger partial charge in [0.15, 0.2) is 0 Å². The van der Waals surface area contributed by atoms with Crippen LogP contribution in [0, 0.1) is 0 Å². The highest BCUT2D eigenvalue weighted by molar-refractivity contribution is 5.66. The average Bonchev–Trinajstić information content (AvgIpc) is 2.13. The molecule has 0 bridgehead atoms. The maximum Gasteiger partial charge on any atom is 0.303 e. The number of ether oxygens (including phenoxy) is 1. The largest absolute Gasteiger partial charge is 0.458 e. The van der Waals surface area contributed by atoms with Gasteiger partial charge in [0.25, 0.3) is 0 Å². The van der Waals surface area contributed by atoms with Gasteiger partial charge < -0.3 is 9.84 Å². The molecule has 0 saturated heterocycles. The van der Waals surface area contributed by atoms with Gasteiger partial charge in [-0.2, -0.15) is 0 Å². The van der Waals surface area contributed by atoms with E-state index >= 15 is 0 Å². The Balaban J connectivity index is 2.33. The Morgan fingerprint density at radius 3 is 2.80 bits per heavy atom. The predicted octanol–water partition coefficient (Wildman–Crippen LogP) is 0.239.